The van der Waals surface area contributed by atoms with E-state index >= 15 is 0 Å². The molecule has 0 bridgehead atoms. The number of hydrogen-bond donors (Lipinski definition) is 0. The van der Waals surface area contributed by atoms with Crippen LogP contribution in [0.4, 0.5) is 0 Å². The maximum absolute atomic E-state index is 12.7. The predicted octanol–water partition coefficient (Wildman–Crippen LogP) is 1.61. The molecule has 7 nitrogen and oxygen atoms in total. The third-order valence-corrected chi connectivity index (χ3v) is 4.01. The van der Waals surface area contributed by atoms with Crippen LogP contribution in [0.5, 0.6) is 0 Å². The number of hydrogen-bond acceptors (Lipinski definition) is 6. The van der Waals surface area contributed by atoms with Gasteiger partial charge in [-0.3, -0.25) is 9.00 Å². The average Bonchev–Trinajstić information content (AvgIpc) is 2.62. The lowest BCUT2D eigenvalue weighted by molar-refractivity contribution is 0.102. The van der Waals surface area contributed by atoms with E-state index in [0.717, 1.165) is 4.31 Å². The molecule has 0 saturated heterocycles. The maximum atomic E-state index is 12.7. The molecule has 0 amide bonds. The van der Waals surface area contributed by atoms with Crippen LogP contribution in [-0.4, -0.2) is 40.3 Å². The SMILES string of the molecule is C=CCN(C(C=C)c1ccccc1C(=O)c1ncncn1)S(=O)[O-]. The van der Waals surface area contributed by atoms with E-state index in [4.69, 9.17) is 0 Å². The number of ketones is 1. The Bertz CT molecular complexity index is 767. The Morgan fingerprint density at radius 1 is 1.29 bits per heavy atom. The Morgan fingerprint density at radius 2 is 1.96 bits per heavy atom. The molecule has 0 saturated carbocycles. The highest BCUT2D eigenvalue weighted by molar-refractivity contribution is 7.76. The monoisotopic (exact) mass is 343 g/mol. The summed E-state index contributed by atoms with van der Waals surface area (Å²) in [5.74, 6) is -0.436. The van der Waals surface area contributed by atoms with E-state index < -0.39 is 23.1 Å². The molecule has 8 heteroatoms. The van der Waals surface area contributed by atoms with Gasteiger partial charge in [-0.25, -0.2) is 19.3 Å². The summed E-state index contributed by atoms with van der Waals surface area (Å²) in [6.45, 7) is 7.33. The van der Waals surface area contributed by atoms with Crippen LogP contribution in [0.1, 0.15) is 27.8 Å². The summed E-state index contributed by atoms with van der Waals surface area (Å²) in [5, 5.41) is 0. The van der Waals surface area contributed by atoms with Gasteiger partial charge in [-0.05, 0) is 5.56 Å². The maximum Gasteiger partial charge on any atom is 0.230 e. The molecule has 2 unspecified atom stereocenters. The molecular weight excluding hydrogens is 328 g/mol. The lowest BCUT2D eigenvalue weighted by Crippen LogP contribution is -2.30. The van der Waals surface area contributed by atoms with Crippen LogP contribution in [0.25, 0.3) is 0 Å². The molecule has 0 spiro atoms. The molecule has 0 aliphatic heterocycles. The number of carbonyl (C=O) groups excluding carboxylic acids is 1. The number of rotatable bonds is 8. The second-order valence-electron chi connectivity index (χ2n) is 4.66. The average molecular weight is 343 g/mol. The van der Waals surface area contributed by atoms with Crippen LogP contribution in [-0.2, 0) is 11.3 Å². The van der Waals surface area contributed by atoms with E-state index in [2.05, 4.69) is 28.1 Å². The van der Waals surface area contributed by atoms with Gasteiger partial charge >= 0.3 is 0 Å². The van der Waals surface area contributed by atoms with Crippen molar-refractivity contribution in [3.63, 3.8) is 0 Å². The fourth-order valence-electron chi connectivity index (χ4n) is 2.23. The van der Waals surface area contributed by atoms with E-state index in [1.807, 2.05) is 0 Å². The standard InChI is InChI=1S/C16H16N4O3S/c1-3-9-20(24(22)23)14(4-2)12-7-5-6-8-13(12)15(21)16-18-10-17-11-19-16/h3-8,10-11,14H,1-2,9H2,(H,22,23)/p-1. The van der Waals surface area contributed by atoms with Crippen molar-refractivity contribution in [2.45, 2.75) is 6.04 Å². The second-order valence-corrected chi connectivity index (χ2v) is 5.57. The molecule has 124 valence electrons. The Balaban J connectivity index is 2.50. The van der Waals surface area contributed by atoms with Gasteiger partial charge in [0.2, 0.25) is 11.6 Å². The molecule has 0 radical (unpaired) electrons. The second kappa shape index (κ2) is 8.34. The van der Waals surface area contributed by atoms with E-state index in [9.17, 15) is 13.6 Å². The molecule has 2 aromatic rings. The Labute approximate surface area is 142 Å². The zero-order chi connectivity index (χ0) is 17.5. The Morgan fingerprint density at radius 3 is 2.54 bits per heavy atom. The van der Waals surface area contributed by atoms with E-state index in [-0.39, 0.29) is 12.4 Å². The van der Waals surface area contributed by atoms with Gasteiger partial charge in [-0.2, -0.15) is 0 Å². The molecule has 0 aliphatic rings. The van der Waals surface area contributed by atoms with Crippen LogP contribution in [0.3, 0.4) is 0 Å². The minimum Gasteiger partial charge on any atom is -0.760 e. The van der Waals surface area contributed by atoms with Crippen molar-refractivity contribution >= 4 is 17.0 Å². The van der Waals surface area contributed by atoms with Crippen molar-refractivity contribution in [2.24, 2.45) is 0 Å². The normalized spacial score (nSPS) is 13.2. The smallest absolute Gasteiger partial charge is 0.230 e. The van der Waals surface area contributed by atoms with Gasteiger partial charge in [-0.1, -0.05) is 36.4 Å². The lowest BCUT2D eigenvalue weighted by atomic mass is 9.97. The molecule has 2 atom stereocenters. The Kier molecular flexibility index (Phi) is 6.19. The number of aromatic nitrogens is 3. The van der Waals surface area contributed by atoms with Crippen LogP contribution in [0.2, 0.25) is 0 Å². The molecule has 1 aromatic carbocycles. The molecule has 2 rings (SSSR count). The third-order valence-electron chi connectivity index (χ3n) is 3.25. The van der Waals surface area contributed by atoms with Crippen LogP contribution in [0.15, 0.2) is 62.2 Å². The van der Waals surface area contributed by atoms with Crippen molar-refractivity contribution < 1.29 is 13.6 Å². The topological polar surface area (TPSA) is 99.1 Å². The highest BCUT2D eigenvalue weighted by Crippen LogP contribution is 2.27. The molecule has 0 fully saturated rings. The fourth-order valence-corrected chi connectivity index (χ4v) is 2.84. The van der Waals surface area contributed by atoms with Crippen LogP contribution >= 0.6 is 0 Å². The first kappa shape index (κ1) is 17.8. The Hall–Kier alpha value is -2.55. The van der Waals surface area contributed by atoms with Crippen molar-refractivity contribution in [1.29, 1.82) is 0 Å². The van der Waals surface area contributed by atoms with Crippen molar-refractivity contribution in [2.75, 3.05) is 6.54 Å². The summed E-state index contributed by atoms with van der Waals surface area (Å²) in [6, 6.07) is 5.95. The van der Waals surface area contributed by atoms with Crippen molar-refractivity contribution in [3.05, 3.63) is 79.2 Å². The molecule has 0 aliphatic carbocycles. The summed E-state index contributed by atoms with van der Waals surface area (Å²) in [7, 11) is 0. The quantitative estimate of drug-likeness (QED) is 0.410. The zero-order valence-corrected chi connectivity index (χ0v) is 13.6. The van der Waals surface area contributed by atoms with Gasteiger partial charge in [0.15, 0.2) is 0 Å². The van der Waals surface area contributed by atoms with Gasteiger partial charge in [0.25, 0.3) is 0 Å². The highest BCUT2D eigenvalue weighted by atomic mass is 32.2. The van der Waals surface area contributed by atoms with E-state index in [1.54, 1.807) is 24.3 Å². The molecule has 1 heterocycles. The van der Waals surface area contributed by atoms with E-state index in [0.29, 0.717) is 11.1 Å². The summed E-state index contributed by atoms with van der Waals surface area (Å²) in [6.07, 6.45) is 5.37. The van der Waals surface area contributed by atoms with Gasteiger partial charge in [-0.15, -0.1) is 13.2 Å². The largest absolute Gasteiger partial charge is 0.760 e. The fraction of sp³-hybridized carbons (Fsp3) is 0.125. The van der Waals surface area contributed by atoms with Crippen LogP contribution < -0.4 is 0 Å². The molecule has 1 aromatic heterocycles. The zero-order valence-electron chi connectivity index (χ0n) is 12.7. The number of carbonyl (C=O) groups is 1. The third kappa shape index (κ3) is 3.85. The molecule has 0 N–H and O–H groups in total. The van der Waals surface area contributed by atoms with Crippen molar-refractivity contribution in [3.8, 4) is 0 Å². The predicted molar refractivity (Wildman–Crippen MR) is 88.5 cm³/mol. The van der Waals surface area contributed by atoms with E-state index in [1.165, 1.54) is 24.8 Å². The summed E-state index contributed by atoms with van der Waals surface area (Å²) in [5.41, 5.74) is 0.789. The van der Waals surface area contributed by atoms with Gasteiger partial charge in [0, 0.05) is 23.4 Å². The van der Waals surface area contributed by atoms with Gasteiger partial charge < -0.3 is 4.55 Å². The number of nitrogens with zero attached hydrogens (tertiary/aromatic N) is 4. The number of benzene rings is 1. The minimum absolute atomic E-state index is 0.0150. The first-order valence-corrected chi connectivity index (χ1v) is 7.98. The lowest BCUT2D eigenvalue weighted by Gasteiger charge is -2.31. The summed E-state index contributed by atoms with van der Waals surface area (Å²) < 4.78 is 24.2. The van der Waals surface area contributed by atoms with Crippen LogP contribution in [0, 0.1) is 0 Å². The molecular formula is C16H15N4O3S-. The summed E-state index contributed by atoms with van der Waals surface area (Å²) in [4.78, 5) is 24.0. The van der Waals surface area contributed by atoms with Crippen molar-refractivity contribution in [1.82, 2.24) is 19.3 Å². The first-order chi connectivity index (χ1) is 11.6. The first-order valence-electron chi connectivity index (χ1n) is 6.95. The highest BCUT2D eigenvalue weighted by Gasteiger charge is 2.24. The van der Waals surface area contributed by atoms with Gasteiger partial charge in [0.1, 0.15) is 12.7 Å². The van der Waals surface area contributed by atoms with Gasteiger partial charge in [0.05, 0.1) is 6.04 Å². The minimum atomic E-state index is -2.51. The summed E-state index contributed by atoms with van der Waals surface area (Å²) >= 11 is -2.51. The molecule has 24 heavy (non-hydrogen) atoms.